The van der Waals surface area contributed by atoms with Gasteiger partial charge in [0.1, 0.15) is 18.2 Å². The Morgan fingerprint density at radius 2 is 2.00 bits per heavy atom. The quantitative estimate of drug-likeness (QED) is 0.662. The van der Waals surface area contributed by atoms with Crippen molar-refractivity contribution >= 4 is 23.1 Å². The number of ether oxygens (including phenoxy) is 1. The van der Waals surface area contributed by atoms with E-state index in [1.165, 1.54) is 0 Å². The number of nitrogens with one attached hydrogen (secondary N) is 1. The van der Waals surface area contributed by atoms with Gasteiger partial charge in [-0.1, -0.05) is 35.9 Å². The van der Waals surface area contributed by atoms with Crippen molar-refractivity contribution in [3.05, 3.63) is 58.6 Å². The zero-order valence-electron chi connectivity index (χ0n) is 11.5. The maximum atomic E-state index is 7.77. The predicted octanol–water partition coefficient (Wildman–Crippen LogP) is 3.02. The molecule has 0 fully saturated rings. The van der Waals surface area contributed by atoms with Crippen LogP contribution in [0.15, 0.2) is 42.5 Å². The van der Waals surface area contributed by atoms with Crippen molar-refractivity contribution in [2.75, 3.05) is 18.1 Å². The smallest absolute Gasteiger partial charge is 0.126 e. The molecule has 1 aliphatic heterocycles. The molecular weight excluding hydrogens is 286 g/mol. The molecule has 2 aromatic carbocycles. The van der Waals surface area contributed by atoms with Crippen LogP contribution in [0.5, 0.6) is 5.75 Å². The molecule has 0 amide bonds. The summed E-state index contributed by atoms with van der Waals surface area (Å²) < 4.78 is 5.77. The van der Waals surface area contributed by atoms with Crippen molar-refractivity contribution in [2.24, 2.45) is 5.73 Å². The molecule has 2 aromatic rings. The normalized spacial score (nSPS) is 14.0. The average molecular weight is 302 g/mol. The lowest BCUT2D eigenvalue weighted by atomic mass is 10.1. The molecule has 3 rings (SSSR count). The maximum absolute atomic E-state index is 7.77. The van der Waals surface area contributed by atoms with Gasteiger partial charge in [0, 0.05) is 17.8 Å². The summed E-state index contributed by atoms with van der Waals surface area (Å²) in [4.78, 5) is 2.15. The minimum atomic E-state index is -0.0194. The molecule has 0 unspecified atom stereocenters. The first-order valence-corrected chi connectivity index (χ1v) is 7.13. The summed E-state index contributed by atoms with van der Waals surface area (Å²) in [5, 5.41) is 8.27. The van der Waals surface area contributed by atoms with E-state index in [9.17, 15) is 0 Å². The predicted molar refractivity (Wildman–Crippen MR) is 85.5 cm³/mol. The Labute approximate surface area is 128 Å². The topological polar surface area (TPSA) is 62.3 Å². The molecule has 108 valence electrons. The lowest BCUT2D eigenvalue weighted by Crippen LogP contribution is -2.28. The number of nitrogens with zero attached hydrogens (tertiary/aromatic N) is 1. The zero-order valence-corrected chi connectivity index (χ0v) is 12.2. The Bertz CT molecular complexity index is 687. The number of benzene rings is 2. The number of fused-ring (bicyclic) bond motifs is 1. The molecule has 0 atom stereocenters. The Hall–Kier alpha value is -2.20. The average Bonchev–Trinajstić information content (AvgIpc) is 2.68. The molecule has 5 heteroatoms. The molecule has 3 N–H and O–H groups in total. The van der Waals surface area contributed by atoms with E-state index in [2.05, 4.69) is 4.90 Å². The highest BCUT2D eigenvalue weighted by Gasteiger charge is 2.20. The Balaban J connectivity index is 2.02. The number of hydrogen-bond donors (Lipinski definition) is 2. The van der Waals surface area contributed by atoms with Gasteiger partial charge < -0.3 is 15.4 Å². The second-order valence-electron chi connectivity index (χ2n) is 4.93. The van der Waals surface area contributed by atoms with Crippen molar-refractivity contribution in [2.45, 2.75) is 6.54 Å². The van der Waals surface area contributed by atoms with E-state index >= 15 is 0 Å². The molecule has 1 aliphatic rings. The fourth-order valence-electron chi connectivity index (χ4n) is 2.57. The number of rotatable bonds is 2. The molecule has 0 bridgehead atoms. The Morgan fingerprint density at radius 3 is 2.81 bits per heavy atom. The molecule has 0 aromatic heterocycles. The van der Waals surface area contributed by atoms with Crippen LogP contribution in [0.4, 0.5) is 5.69 Å². The van der Waals surface area contributed by atoms with Crippen LogP contribution in [0.2, 0.25) is 5.02 Å². The number of amidine groups is 1. The van der Waals surface area contributed by atoms with Crippen LogP contribution in [-0.2, 0) is 6.54 Å². The maximum Gasteiger partial charge on any atom is 0.126 e. The lowest BCUT2D eigenvalue weighted by molar-refractivity contribution is 0.331. The minimum Gasteiger partial charge on any atom is -0.491 e. The van der Waals surface area contributed by atoms with Crippen molar-refractivity contribution < 1.29 is 4.74 Å². The van der Waals surface area contributed by atoms with Crippen molar-refractivity contribution in [3.63, 3.8) is 0 Å². The van der Waals surface area contributed by atoms with E-state index in [1.54, 1.807) is 6.07 Å². The van der Waals surface area contributed by atoms with E-state index in [1.807, 2.05) is 36.4 Å². The van der Waals surface area contributed by atoms with Gasteiger partial charge in [-0.15, -0.1) is 0 Å². The van der Waals surface area contributed by atoms with E-state index in [-0.39, 0.29) is 5.84 Å². The van der Waals surface area contributed by atoms with E-state index in [4.69, 9.17) is 27.5 Å². The van der Waals surface area contributed by atoms with Gasteiger partial charge in [-0.05, 0) is 18.2 Å². The standard InChI is InChI=1S/C16H16ClN3O/c17-12-5-3-6-13(15(12)16(18)19)20-8-9-21-14-7-2-1-4-11(14)10-20/h1-7H,8-10H2,(H3,18,19). The first-order chi connectivity index (χ1) is 10.2. The number of para-hydroxylation sites is 1. The zero-order chi connectivity index (χ0) is 14.8. The monoisotopic (exact) mass is 301 g/mol. The molecule has 0 spiro atoms. The van der Waals surface area contributed by atoms with Crippen LogP contribution in [0.3, 0.4) is 0 Å². The van der Waals surface area contributed by atoms with Gasteiger partial charge >= 0.3 is 0 Å². The second-order valence-corrected chi connectivity index (χ2v) is 5.33. The van der Waals surface area contributed by atoms with Gasteiger partial charge in [0.25, 0.3) is 0 Å². The number of anilines is 1. The summed E-state index contributed by atoms with van der Waals surface area (Å²) >= 11 is 6.21. The SMILES string of the molecule is N=C(N)c1c(Cl)cccc1N1CCOc2ccccc2C1. The summed E-state index contributed by atoms with van der Waals surface area (Å²) in [6, 6.07) is 13.6. The van der Waals surface area contributed by atoms with Crippen molar-refractivity contribution in [3.8, 4) is 5.75 Å². The molecule has 0 saturated heterocycles. The molecule has 21 heavy (non-hydrogen) atoms. The largest absolute Gasteiger partial charge is 0.491 e. The summed E-state index contributed by atoms with van der Waals surface area (Å²) in [5.74, 6) is 0.889. The van der Waals surface area contributed by atoms with E-state index in [0.29, 0.717) is 23.7 Å². The number of nitrogen functional groups attached to an aromatic ring is 1. The molecule has 0 saturated carbocycles. The summed E-state index contributed by atoms with van der Waals surface area (Å²) in [7, 11) is 0. The van der Waals surface area contributed by atoms with Gasteiger partial charge in [0.15, 0.2) is 0 Å². The Morgan fingerprint density at radius 1 is 1.19 bits per heavy atom. The van der Waals surface area contributed by atoms with Gasteiger partial charge in [-0.3, -0.25) is 5.41 Å². The fourth-order valence-corrected chi connectivity index (χ4v) is 2.85. The summed E-state index contributed by atoms with van der Waals surface area (Å²) in [6.45, 7) is 2.01. The lowest BCUT2D eigenvalue weighted by Gasteiger charge is -2.25. The van der Waals surface area contributed by atoms with Crippen molar-refractivity contribution in [1.29, 1.82) is 5.41 Å². The number of hydrogen-bond acceptors (Lipinski definition) is 3. The minimum absolute atomic E-state index is 0.0194. The summed E-state index contributed by atoms with van der Waals surface area (Å²) in [6.07, 6.45) is 0. The second kappa shape index (κ2) is 5.66. The van der Waals surface area contributed by atoms with E-state index < -0.39 is 0 Å². The highest BCUT2D eigenvalue weighted by molar-refractivity contribution is 6.34. The number of nitrogens with two attached hydrogens (primary N) is 1. The van der Waals surface area contributed by atoms with Gasteiger partial charge in [-0.25, -0.2) is 0 Å². The molecule has 0 radical (unpaired) electrons. The first-order valence-electron chi connectivity index (χ1n) is 6.75. The molecule has 4 nitrogen and oxygen atoms in total. The third kappa shape index (κ3) is 2.67. The van der Waals surface area contributed by atoms with Gasteiger partial charge in [0.05, 0.1) is 17.1 Å². The van der Waals surface area contributed by atoms with Gasteiger partial charge in [0.2, 0.25) is 0 Å². The Kier molecular flexibility index (Phi) is 3.71. The number of halogens is 1. The highest BCUT2D eigenvalue weighted by atomic mass is 35.5. The third-order valence-electron chi connectivity index (χ3n) is 3.55. The molecular formula is C16H16ClN3O. The van der Waals surface area contributed by atoms with Crippen molar-refractivity contribution in [1.82, 2.24) is 0 Å². The van der Waals surface area contributed by atoms with Crippen LogP contribution in [0, 0.1) is 5.41 Å². The highest BCUT2D eigenvalue weighted by Crippen LogP contribution is 2.31. The first kappa shape index (κ1) is 13.8. The van der Waals surface area contributed by atoms with Crippen LogP contribution >= 0.6 is 11.6 Å². The van der Waals surface area contributed by atoms with Crippen LogP contribution in [0.25, 0.3) is 0 Å². The van der Waals surface area contributed by atoms with Gasteiger partial charge in [-0.2, -0.15) is 0 Å². The molecule has 0 aliphatic carbocycles. The third-order valence-corrected chi connectivity index (χ3v) is 3.87. The van der Waals surface area contributed by atoms with Crippen LogP contribution in [-0.4, -0.2) is 19.0 Å². The van der Waals surface area contributed by atoms with Crippen LogP contribution in [0.1, 0.15) is 11.1 Å². The van der Waals surface area contributed by atoms with E-state index in [0.717, 1.165) is 23.5 Å². The van der Waals surface area contributed by atoms with Crippen LogP contribution < -0.4 is 15.4 Å². The summed E-state index contributed by atoms with van der Waals surface area (Å²) in [5.41, 5.74) is 8.26. The fraction of sp³-hybridized carbons (Fsp3) is 0.188. The molecule has 1 heterocycles.